The summed E-state index contributed by atoms with van der Waals surface area (Å²) in [6, 6.07) is 23.0. The topological polar surface area (TPSA) is 70.0 Å². The fourth-order valence-corrected chi connectivity index (χ4v) is 5.22. The summed E-state index contributed by atoms with van der Waals surface area (Å²) < 4.78 is 48.0. The summed E-state index contributed by atoms with van der Waals surface area (Å²) in [5.41, 5.74) is 2.25. The second kappa shape index (κ2) is 13.5. The lowest BCUT2D eigenvalue weighted by Gasteiger charge is -2.33. The van der Waals surface area contributed by atoms with Gasteiger partial charge in [-0.1, -0.05) is 80.0 Å². The van der Waals surface area contributed by atoms with E-state index in [9.17, 15) is 28.2 Å². The molecule has 2 atom stereocenters. The van der Waals surface area contributed by atoms with Crippen LogP contribution in [0, 0.1) is 0 Å². The summed E-state index contributed by atoms with van der Waals surface area (Å²) in [6.07, 6.45) is -7.27. The first kappa shape index (κ1) is 31.9. The number of hydrogen-bond donors (Lipinski definition) is 2. The maximum atomic E-state index is 14.1. The van der Waals surface area contributed by atoms with Gasteiger partial charge >= 0.3 is 12.3 Å². The highest BCUT2D eigenvalue weighted by atomic mass is 35.5. The van der Waals surface area contributed by atoms with Crippen molar-refractivity contribution >= 4 is 17.7 Å². The van der Waals surface area contributed by atoms with Gasteiger partial charge in [0.15, 0.2) is 0 Å². The van der Waals surface area contributed by atoms with Gasteiger partial charge in [-0.05, 0) is 76.6 Å². The molecule has 2 N–H and O–H groups in total. The average Bonchev–Trinajstić information content (AvgIpc) is 2.98. The van der Waals surface area contributed by atoms with Crippen molar-refractivity contribution in [1.82, 2.24) is 4.90 Å². The molecule has 0 saturated heterocycles. The molecule has 226 valence electrons. The van der Waals surface area contributed by atoms with E-state index < -0.39 is 36.5 Å². The number of hydrogen-bond acceptors (Lipinski definition) is 3. The standard InChI is InChI=1S/C34H33ClF3NO4/c1-21(2)24-11-16-32(43-3)29(18-24)27-15-12-25(34(36,37)38)19-28(27)30(17-22-7-5-4-6-8-22)39(33(41)42)20-31(40)23-9-13-26(35)14-10-23/h4-16,18-19,21,30-31,40H,17,20H2,1-3H3,(H,41,42). The van der Waals surface area contributed by atoms with Gasteiger partial charge in [-0.25, -0.2) is 4.79 Å². The van der Waals surface area contributed by atoms with E-state index in [0.29, 0.717) is 33.0 Å². The molecule has 0 aliphatic rings. The van der Waals surface area contributed by atoms with Crippen LogP contribution in [0.25, 0.3) is 11.1 Å². The number of halogens is 4. The van der Waals surface area contributed by atoms with Gasteiger partial charge in [0.1, 0.15) is 5.75 Å². The molecular formula is C34H33ClF3NO4. The lowest BCUT2D eigenvalue weighted by atomic mass is 9.87. The van der Waals surface area contributed by atoms with Crippen molar-refractivity contribution in [3.05, 3.63) is 124 Å². The molecule has 0 heterocycles. The Balaban J connectivity index is 1.95. The fourth-order valence-electron chi connectivity index (χ4n) is 5.10. The summed E-state index contributed by atoms with van der Waals surface area (Å²) in [5, 5.41) is 22.0. The van der Waals surface area contributed by atoms with Gasteiger partial charge in [0.05, 0.1) is 31.4 Å². The third-order valence-corrected chi connectivity index (χ3v) is 7.69. The molecule has 0 aliphatic carbocycles. The average molecular weight is 612 g/mol. The van der Waals surface area contributed by atoms with Gasteiger partial charge in [0.2, 0.25) is 0 Å². The Labute approximate surface area is 254 Å². The van der Waals surface area contributed by atoms with Crippen LogP contribution >= 0.6 is 11.6 Å². The first-order chi connectivity index (χ1) is 20.4. The first-order valence-corrected chi connectivity index (χ1v) is 14.1. The fraction of sp³-hybridized carbons (Fsp3) is 0.265. The van der Waals surface area contributed by atoms with Crippen molar-refractivity contribution in [3.63, 3.8) is 0 Å². The zero-order valence-electron chi connectivity index (χ0n) is 24.0. The summed E-state index contributed by atoms with van der Waals surface area (Å²) in [6.45, 7) is 3.61. The van der Waals surface area contributed by atoms with E-state index in [0.717, 1.165) is 22.6 Å². The highest BCUT2D eigenvalue weighted by Crippen LogP contribution is 2.42. The summed E-state index contributed by atoms with van der Waals surface area (Å²) >= 11 is 5.99. The molecule has 2 unspecified atom stereocenters. The van der Waals surface area contributed by atoms with Crippen molar-refractivity contribution in [2.24, 2.45) is 0 Å². The number of benzene rings is 4. The third kappa shape index (κ3) is 7.69. The Bertz CT molecular complexity index is 1540. The second-order valence-corrected chi connectivity index (χ2v) is 11.1. The molecule has 0 spiro atoms. The predicted molar refractivity (Wildman–Crippen MR) is 162 cm³/mol. The number of carbonyl (C=O) groups is 1. The Hall–Kier alpha value is -4.01. The largest absolute Gasteiger partial charge is 0.496 e. The van der Waals surface area contributed by atoms with E-state index in [4.69, 9.17) is 16.3 Å². The molecule has 0 saturated carbocycles. The van der Waals surface area contributed by atoms with Crippen LogP contribution in [0.3, 0.4) is 0 Å². The Morgan fingerprint density at radius 3 is 2.14 bits per heavy atom. The summed E-state index contributed by atoms with van der Waals surface area (Å²) in [7, 11) is 1.48. The minimum atomic E-state index is -4.68. The van der Waals surface area contributed by atoms with E-state index in [1.165, 1.54) is 13.2 Å². The number of aliphatic hydroxyl groups is 1. The quantitative estimate of drug-likeness (QED) is 0.188. The van der Waals surface area contributed by atoms with Crippen molar-refractivity contribution in [2.45, 2.75) is 44.5 Å². The molecule has 0 aliphatic heterocycles. The molecule has 4 rings (SSSR count). The van der Waals surface area contributed by atoms with Crippen molar-refractivity contribution in [1.29, 1.82) is 0 Å². The molecule has 0 radical (unpaired) electrons. The normalized spacial score (nSPS) is 13.0. The van der Waals surface area contributed by atoms with Crippen LogP contribution in [0.15, 0.2) is 91.0 Å². The molecule has 0 aromatic heterocycles. The van der Waals surface area contributed by atoms with Crippen molar-refractivity contribution in [2.75, 3.05) is 13.7 Å². The number of aliphatic hydroxyl groups excluding tert-OH is 1. The molecule has 9 heteroatoms. The molecule has 1 amide bonds. The van der Waals surface area contributed by atoms with Crippen LogP contribution < -0.4 is 4.74 Å². The molecular weight excluding hydrogens is 579 g/mol. The van der Waals surface area contributed by atoms with Crippen LogP contribution in [0.5, 0.6) is 5.75 Å². The second-order valence-electron chi connectivity index (χ2n) is 10.6. The molecule has 0 fully saturated rings. The Morgan fingerprint density at radius 1 is 0.907 bits per heavy atom. The van der Waals surface area contributed by atoms with Crippen LogP contribution in [-0.4, -0.2) is 34.9 Å². The Morgan fingerprint density at radius 2 is 1.56 bits per heavy atom. The lowest BCUT2D eigenvalue weighted by Crippen LogP contribution is -2.38. The van der Waals surface area contributed by atoms with E-state index >= 15 is 0 Å². The zero-order valence-corrected chi connectivity index (χ0v) is 24.7. The van der Waals surface area contributed by atoms with E-state index in [2.05, 4.69) is 0 Å². The summed E-state index contributed by atoms with van der Waals surface area (Å²) in [4.78, 5) is 13.9. The van der Waals surface area contributed by atoms with Crippen LogP contribution in [-0.2, 0) is 12.6 Å². The van der Waals surface area contributed by atoms with Gasteiger partial charge in [-0.2, -0.15) is 13.2 Å². The molecule has 43 heavy (non-hydrogen) atoms. The first-order valence-electron chi connectivity index (χ1n) is 13.8. The highest BCUT2D eigenvalue weighted by Gasteiger charge is 2.35. The van der Waals surface area contributed by atoms with Gasteiger partial charge < -0.3 is 14.9 Å². The van der Waals surface area contributed by atoms with Crippen LogP contribution in [0.2, 0.25) is 5.02 Å². The SMILES string of the molecule is COc1ccc(C(C)C)cc1-c1ccc(C(F)(F)F)cc1C(Cc1ccccc1)N(CC(O)c1ccc(Cl)cc1)C(=O)O. The van der Waals surface area contributed by atoms with E-state index in [1.54, 1.807) is 60.7 Å². The minimum Gasteiger partial charge on any atom is -0.496 e. The lowest BCUT2D eigenvalue weighted by molar-refractivity contribution is -0.137. The van der Waals surface area contributed by atoms with Crippen LogP contribution in [0.4, 0.5) is 18.0 Å². The molecule has 5 nitrogen and oxygen atoms in total. The van der Waals surface area contributed by atoms with Crippen molar-refractivity contribution in [3.8, 4) is 16.9 Å². The summed E-state index contributed by atoms with van der Waals surface area (Å²) in [5.74, 6) is 0.555. The molecule has 4 aromatic carbocycles. The number of methoxy groups -OCH3 is 1. The highest BCUT2D eigenvalue weighted by molar-refractivity contribution is 6.30. The minimum absolute atomic E-state index is 0.0565. The van der Waals surface area contributed by atoms with Gasteiger partial charge in [-0.15, -0.1) is 0 Å². The molecule has 0 bridgehead atoms. The monoisotopic (exact) mass is 611 g/mol. The van der Waals surface area contributed by atoms with E-state index in [-0.39, 0.29) is 17.9 Å². The zero-order chi connectivity index (χ0) is 31.3. The maximum absolute atomic E-state index is 14.1. The smallest absolute Gasteiger partial charge is 0.416 e. The van der Waals surface area contributed by atoms with Crippen LogP contribution in [0.1, 0.15) is 59.7 Å². The van der Waals surface area contributed by atoms with Gasteiger partial charge in [-0.3, -0.25) is 4.90 Å². The third-order valence-electron chi connectivity index (χ3n) is 7.44. The van der Waals surface area contributed by atoms with Gasteiger partial charge in [0, 0.05) is 10.6 Å². The predicted octanol–water partition coefficient (Wildman–Crippen LogP) is 9.16. The molecule has 4 aromatic rings. The van der Waals surface area contributed by atoms with Crippen molar-refractivity contribution < 1.29 is 32.9 Å². The van der Waals surface area contributed by atoms with E-state index in [1.807, 2.05) is 26.0 Å². The number of carboxylic acid groups (broad SMARTS) is 1. The van der Waals surface area contributed by atoms with Gasteiger partial charge in [0.25, 0.3) is 0 Å². The maximum Gasteiger partial charge on any atom is 0.416 e. The number of rotatable bonds is 10. The number of amides is 1. The number of nitrogens with zero attached hydrogens (tertiary/aromatic N) is 1. The Kier molecular flexibility index (Phi) is 10.0. The number of ether oxygens (including phenoxy) is 1. The number of alkyl halides is 3.